The van der Waals surface area contributed by atoms with Crippen molar-refractivity contribution in [3.8, 4) is 0 Å². The number of hydrogen-bond donors (Lipinski definition) is 1. The van der Waals surface area contributed by atoms with E-state index in [1.165, 1.54) is 0 Å². The van der Waals surface area contributed by atoms with Gasteiger partial charge in [-0.25, -0.2) is 0 Å². The van der Waals surface area contributed by atoms with Crippen molar-refractivity contribution in [2.24, 2.45) is 5.92 Å². The second-order valence-electron chi connectivity index (χ2n) is 5.42. The molecule has 0 saturated carbocycles. The van der Waals surface area contributed by atoms with E-state index in [0.29, 0.717) is 13.0 Å². The Bertz CT molecular complexity index is 331. The zero-order valence-electron chi connectivity index (χ0n) is 12.6. The van der Waals surface area contributed by atoms with Gasteiger partial charge in [0.1, 0.15) is 12.1 Å². The first-order chi connectivity index (χ1) is 8.97. The average molecular weight is 270 g/mol. The summed E-state index contributed by atoms with van der Waals surface area (Å²) in [6.07, 6.45) is 1.41. The second kappa shape index (κ2) is 6.89. The van der Waals surface area contributed by atoms with E-state index in [-0.39, 0.29) is 29.8 Å². The van der Waals surface area contributed by atoms with Gasteiger partial charge in [0, 0.05) is 7.11 Å². The Morgan fingerprint density at radius 3 is 2.37 bits per heavy atom. The highest BCUT2D eigenvalue weighted by atomic mass is 16.5. The minimum absolute atomic E-state index is 0.0188. The third-order valence-corrected chi connectivity index (χ3v) is 3.73. The summed E-state index contributed by atoms with van der Waals surface area (Å²) in [4.78, 5) is 26.5. The molecule has 1 heterocycles. The lowest BCUT2D eigenvalue weighted by atomic mass is 9.95. The molecule has 1 rings (SSSR count). The molecular formula is C14H26N2O3. The van der Waals surface area contributed by atoms with Gasteiger partial charge in [0.2, 0.25) is 11.8 Å². The summed E-state index contributed by atoms with van der Waals surface area (Å²) in [5.41, 5.74) is 0. The summed E-state index contributed by atoms with van der Waals surface area (Å²) in [5.74, 6) is 0.0671. The van der Waals surface area contributed by atoms with Crippen LogP contribution in [0.1, 0.15) is 40.5 Å². The molecule has 0 aromatic carbocycles. The highest BCUT2D eigenvalue weighted by Gasteiger charge is 2.43. The molecule has 1 aliphatic rings. The van der Waals surface area contributed by atoms with Crippen LogP contribution in [0, 0.1) is 5.92 Å². The van der Waals surface area contributed by atoms with E-state index in [0.717, 1.165) is 6.42 Å². The van der Waals surface area contributed by atoms with Crippen LogP contribution in [0.2, 0.25) is 0 Å². The topological polar surface area (TPSA) is 58.6 Å². The molecule has 3 atom stereocenters. The number of amides is 2. The third kappa shape index (κ3) is 3.26. The van der Waals surface area contributed by atoms with E-state index in [4.69, 9.17) is 4.74 Å². The van der Waals surface area contributed by atoms with E-state index in [1.807, 2.05) is 27.7 Å². The zero-order valence-corrected chi connectivity index (χ0v) is 12.6. The van der Waals surface area contributed by atoms with Crippen LogP contribution in [0.5, 0.6) is 0 Å². The number of carbonyl (C=O) groups is 2. The van der Waals surface area contributed by atoms with E-state index in [1.54, 1.807) is 12.0 Å². The highest BCUT2D eigenvalue weighted by Crippen LogP contribution is 2.21. The van der Waals surface area contributed by atoms with Crippen LogP contribution in [0.3, 0.4) is 0 Å². The smallest absolute Gasteiger partial charge is 0.246 e. The first-order valence-corrected chi connectivity index (χ1v) is 7.09. The van der Waals surface area contributed by atoms with E-state index in [9.17, 15) is 9.59 Å². The number of rotatable bonds is 6. The van der Waals surface area contributed by atoms with Crippen LogP contribution in [-0.2, 0) is 14.3 Å². The lowest BCUT2D eigenvalue weighted by molar-refractivity contribution is -0.155. The lowest BCUT2D eigenvalue weighted by Gasteiger charge is -2.43. The Balaban J connectivity index is 3.04. The molecule has 5 nitrogen and oxygen atoms in total. The molecular weight excluding hydrogens is 244 g/mol. The number of hydrogen-bond acceptors (Lipinski definition) is 3. The molecule has 110 valence electrons. The van der Waals surface area contributed by atoms with Crippen LogP contribution in [0.15, 0.2) is 0 Å². The summed E-state index contributed by atoms with van der Waals surface area (Å²) in [6.45, 7) is 8.31. The maximum Gasteiger partial charge on any atom is 0.246 e. The molecule has 2 amide bonds. The van der Waals surface area contributed by atoms with Crippen molar-refractivity contribution in [2.75, 3.05) is 13.7 Å². The minimum atomic E-state index is -0.416. The van der Waals surface area contributed by atoms with Crippen molar-refractivity contribution in [3.63, 3.8) is 0 Å². The predicted octanol–water partition coefficient (Wildman–Crippen LogP) is 1.17. The monoisotopic (exact) mass is 270 g/mol. The molecule has 3 unspecified atom stereocenters. The van der Waals surface area contributed by atoms with Gasteiger partial charge in [0.05, 0.1) is 12.6 Å². The normalized spacial score (nSPS) is 25.7. The molecule has 0 radical (unpaired) electrons. The highest BCUT2D eigenvalue weighted by molar-refractivity contribution is 5.97. The van der Waals surface area contributed by atoms with Crippen molar-refractivity contribution in [2.45, 2.75) is 58.7 Å². The van der Waals surface area contributed by atoms with Crippen molar-refractivity contribution in [1.82, 2.24) is 10.2 Å². The Morgan fingerprint density at radius 1 is 1.32 bits per heavy atom. The average Bonchev–Trinajstić information content (AvgIpc) is 2.37. The van der Waals surface area contributed by atoms with Gasteiger partial charge < -0.3 is 15.0 Å². The molecule has 19 heavy (non-hydrogen) atoms. The van der Waals surface area contributed by atoms with Crippen LogP contribution >= 0.6 is 0 Å². The number of carbonyl (C=O) groups excluding carboxylic acids is 2. The molecule has 1 N–H and O–H groups in total. The lowest BCUT2D eigenvalue weighted by Crippen LogP contribution is -2.67. The van der Waals surface area contributed by atoms with Gasteiger partial charge in [-0.2, -0.15) is 0 Å². The summed E-state index contributed by atoms with van der Waals surface area (Å²) in [6, 6.07) is -0.821. The summed E-state index contributed by atoms with van der Waals surface area (Å²) >= 11 is 0. The van der Waals surface area contributed by atoms with Crippen LogP contribution in [-0.4, -0.2) is 48.6 Å². The zero-order chi connectivity index (χ0) is 14.6. The fraction of sp³-hybridized carbons (Fsp3) is 0.857. The third-order valence-electron chi connectivity index (χ3n) is 3.73. The molecule has 1 saturated heterocycles. The Morgan fingerprint density at radius 2 is 1.95 bits per heavy atom. The fourth-order valence-corrected chi connectivity index (χ4v) is 2.61. The maximum absolute atomic E-state index is 12.6. The number of methoxy groups -OCH3 is 1. The maximum atomic E-state index is 12.6. The van der Waals surface area contributed by atoms with Crippen molar-refractivity contribution < 1.29 is 14.3 Å². The Kier molecular flexibility index (Phi) is 5.79. The van der Waals surface area contributed by atoms with Gasteiger partial charge >= 0.3 is 0 Å². The van der Waals surface area contributed by atoms with Gasteiger partial charge in [-0.05, 0) is 18.8 Å². The summed E-state index contributed by atoms with van der Waals surface area (Å²) < 4.78 is 5.19. The van der Waals surface area contributed by atoms with Crippen LogP contribution in [0.25, 0.3) is 0 Å². The van der Waals surface area contributed by atoms with Crippen LogP contribution in [0.4, 0.5) is 0 Å². The summed E-state index contributed by atoms with van der Waals surface area (Å²) in [7, 11) is 1.62. The fourth-order valence-electron chi connectivity index (χ4n) is 2.61. The molecule has 0 spiro atoms. The SMILES string of the molecule is CCC(COC)N1C(=O)C(C(C)C)NC(=O)C1CC. The van der Waals surface area contributed by atoms with Gasteiger partial charge in [-0.15, -0.1) is 0 Å². The van der Waals surface area contributed by atoms with Crippen molar-refractivity contribution in [1.29, 1.82) is 0 Å². The number of nitrogens with zero attached hydrogens (tertiary/aromatic N) is 1. The van der Waals surface area contributed by atoms with E-state index < -0.39 is 6.04 Å². The molecule has 0 aromatic rings. The minimum Gasteiger partial charge on any atom is -0.383 e. The Hall–Kier alpha value is -1.10. The largest absolute Gasteiger partial charge is 0.383 e. The van der Waals surface area contributed by atoms with Gasteiger partial charge in [-0.3, -0.25) is 9.59 Å². The predicted molar refractivity (Wildman–Crippen MR) is 73.6 cm³/mol. The Labute approximate surface area is 115 Å². The van der Waals surface area contributed by atoms with Gasteiger partial charge in [0.15, 0.2) is 0 Å². The first-order valence-electron chi connectivity index (χ1n) is 7.09. The second-order valence-corrected chi connectivity index (χ2v) is 5.42. The van der Waals surface area contributed by atoms with Crippen molar-refractivity contribution >= 4 is 11.8 Å². The van der Waals surface area contributed by atoms with E-state index >= 15 is 0 Å². The standard InChI is InChI=1S/C14H26N2O3/c1-6-10(8-19-5)16-11(7-2)13(17)15-12(9(3)4)14(16)18/h9-12H,6-8H2,1-5H3,(H,15,17). The number of ether oxygens (including phenoxy) is 1. The van der Waals surface area contributed by atoms with Gasteiger partial charge in [-0.1, -0.05) is 27.7 Å². The molecule has 0 aliphatic carbocycles. The van der Waals surface area contributed by atoms with Gasteiger partial charge in [0.25, 0.3) is 0 Å². The first kappa shape index (κ1) is 16.0. The molecule has 0 bridgehead atoms. The van der Waals surface area contributed by atoms with Crippen molar-refractivity contribution in [3.05, 3.63) is 0 Å². The molecule has 1 fully saturated rings. The molecule has 1 aliphatic heterocycles. The quantitative estimate of drug-likeness (QED) is 0.788. The number of nitrogens with one attached hydrogen (secondary N) is 1. The molecule has 5 heteroatoms. The molecule has 0 aromatic heterocycles. The van der Waals surface area contributed by atoms with E-state index in [2.05, 4.69) is 5.32 Å². The number of piperazine rings is 1. The van der Waals surface area contributed by atoms with Crippen LogP contribution < -0.4 is 5.32 Å². The summed E-state index contributed by atoms with van der Waals surface area (Å²) in [5, 5.41) is 2.85.